The lowest BCUT2D eigenvalue weighted by molar-refractivity contribution is -0.170. The summed E-state index contributed by atoms with van der Waals surface area (Å²) in [4.78, 5) is 12.7. The first-order chi connectivity index (χ1) is 12.3. The van der Waals surface area contributed by atoms with Gasteiger partial charge in [-0.2, -0.15) is 0 Å². The molecule has 5 heteroatoms. The molecule has 5 nitrogen and oxygen atoms in total. The van der Waals surface area contributed by atoms with Crippen LogP contribution in [-0.4, -0.2) is 35.8 Å². The number of aliphatic hydroxyl groups is 1. The second kappa shape index (κ2) is 6.99. The first-order valence-electron chi connectivity index (χ1n) is 9.15. The maximum Gasteiger partial charge on any atom is 0.240 e. The highest BCUT2D eigenvalue weighted by molar-refractivity contribution is 5.89. The lowest BCUT2D eigenvalue weighted by Crippen LogP contribution is -2.75. The number of carbonyl (C=O) groups excluding carboxylic acids is 1. The van der Waals surface area contributed by atoms with Crippen molar-refractivity contribution in [1.82, 2.24) is 5.32 Å². The quantitative estimate of drug-likeness (QED) is 0.742. The van der Waals surface area contributed by atoms with Crippen molar-refractivity contribution in [1.29, 1.82) is 0 Å². The van der Waals surface area contributed by atoms with Crippen LogP contribution in [0.25, 0.3) is 10.8 Å². The van der Waals surface area contributed by atoms with E-state index in [1.54, 1.807) is 0 Å². The Hall–Kier alpha value is -1.95. The Labute approximate surface area is 154 Å². The molecule has 0 radical (unpaired) electrons. The largest absolute Gasteiger partial charge is 0.387 e. The van der Waals surface area contributed by atoms with Crippen molar-refractivity contribution >= 4 is 16.7 Å². The van der Waals surface area contributed by atoms with Crippen molar-refractivity contribution in [2.45, 2.75) is 44.9 Å². The molecule has 1 aliphatic rings. The van der Waals surface area contributed by atoms with E-state index in [2.05, 4.69) is 5.32 Å². The van der Waals surface area contributed by atoms with E-state index in [1.165, 1.54) is 0 Å². The summed E-state index contributed by atoms with van der Waals surface area (Å²) in [5.74, 6) is -0.238. The third kappa shape index (κ3) is 3.11. The van der Waals surface area contributed by atoms with E-state index < -0.39 is 17.1 Å². The van der Waals surface area contributed by atoms with Gasteiger partial charge in [0.25, 0.3) is 0 Å². The number of benzene rings is 2. The fourth-order valence-electron chi connectivity index (χ4n) is 3.70. The molecular weight excluding hydrogens is 328 g/mol. The zero-order chi connectivity index (χ0) is 18.9. The highest BCUT2D eigenvalue weighted by Crippen LogP contribution is 2.49. The number of hydrogen-bond donors (Lipinski definition) is 3. The second-order valence-electron chi connectivity index (χ2n) is 7.67. The molecule has 3 unspecified atom stereocenters. The molecule has 1 saturated carbocycles. The summed E-state index contributed by atoms with van der Waals surface area (Å²) in [6, 6.07) is 13.8. The van der Waals surface area contributed by atoms with Gasteiger partial charge < -0.3 is 20.9 Å². The summed E-state index contributed by atoms with van der Waals surface area (Å²) in [5.41, 5.74) is 5.72. The standard InChI is InChI=1S/C21H28N2O3/c1-4-26-18-12-21(22,20(18,2)3)19(25)23-13-17(24)16-10-9-14-7-5-6-8-15(14)11-16/h5-11,17-18,24H,4,12-13,22H2,1-3H3,(H,23,25). The van der Waals surface area contributed by atoms with Gasteiger partial charge in [-0.05, 0) is 29.3 Å². The molecule has 2 aromatic carbocycles. The van der Waals surface area contributed by atoms with Crippen molar-refractivity contribution < 1.29 is 14.6 Å². The molecular formula is C21H28N2O3. The van der Waals surface area contributed by atoms with Crippen LogP contribution < -0.4 is 11.1 Å². The summed E-state index contributed by atoms with van der Waals surface area (Å²) < 4.78 is 5.67. The average molecular weight is 356 g/mol. The van der Waals surface area contributed by atoms with Gasteiger partial charge in [-0.25, -0.2) is 0 Å². The summed E-state index contributed by atoms with van der Waals surface area (Å²) in [6.07, 6.45) is -0.308. The lowest BCUT2D eigenvalue weighted by Gasteiger charge is -2.57. The van der Waals surface area contributed by atoms with Crippen molar-refractivity contribution in [3.63, 3.8) is 0 Å². The molecule has 0 aromatic heterocycles. The normalized spacial score (nSPS) is 25.5. The lowest BCUT2D eigenvalue weighted by atomic mass is 9.54. The number of nitrogens with one attached hydrogen (secondary N) is 1. The molecule has 3 atom stereocenters. The van der Waals surface area contributed by atoms with Crippen molar-refractivity contribution in [3.8, 4) is 0 Å². The van der Waals surface area contributed by atoms with Gasteiger partial charge in [0, 0.05) is 25.0 Å². The Morgan fingerprint density at radius 1 is 1.31 bits per heavy atom. The Morgan fingerprint density at radius 3 is 2.65 bits per heavy atom. The first kappa shape index (κ1) is 18.8. The van der Waals surface area contributed by atoms with Crippen LogP contribution in [0, 0.1) is 5.41 Å². The number of hydrogen-bond acceptors (Lipinski definition) is 4. The molecule has 1 aliphatic carbocycles. The van der Waals surface area contributed by atoms with Crippen molar-refractivity contribution in [3.05, 3.63) is 48.0 Å². The highest BCUT2D eigenvalue weighted by atomic mass is 16.5. The monoisotopic (exact) mass is 356 g/mol. The van der Waals surface area contributed by atoms with E-state index >= 15 is 0 Å². The molecule has 3 rings (SSSR count). The maximum atomic E-state index is 12.7. The number of fused-ring (bicyclic) bond motifs is 1. The van der Waals surface area contributed by atoms with Crippen LogP contribution >= 0.6 is 0 Å². The summed E-state index contributed by atoms with van der Waals surface area (Å²) in [5, 5.41) is 15.5. The van der Waals surface area contributed by atoms with E-state index in [-0.39, 0.29) is 18.6 Å². The van der Waals surface area contributed by atoms with Crippen LogP contribution in [0.2, 0.25) is 0 Å². The minimum absolute atomic E-state index is 0.0198. The zero-order valence-corrected chi connectivity index (χ0v) is 15.7. The van der Waals surface area contributed by atoms with Gasteiger partial charge in [-0.15, -0.1) is 0 Å². The van der Waals surface area contributed by atoms with E-state index in [9.17, 15) is 9.90 Å². The number of carbonyl (C=O) groups is 1. The average Bonchev–Trinajstić information content (AvgIpc) is 2.64. The van der Waals surface area contributed by atoms with E-state index in [1.807, 2.05) is 63.2 Å². The fourth-order valence-corrected chi connectivity index (χ4v) is 3.70. The first-order valence-corrected chi connectivity index (χ1v) is 9.15. The Morgan fingerprint density at radius 2 is 2.00 bits per heavy atom. The third-order valence-electron chi connectivity index (χ3n) is 5.85. The number of rotatable bonds is 6. The molecule has 140 valence electrons. The molecule has 0 spiro atoms. The topological polar surface area (TPSA) is 84.6 Å². The number of ether oxygens (including phenoxy) is 1. The Kier molecular flexibility index (Phi) is 5.06. The summed E-state index contributed by atoms with van der Waals surface area (Å²) >= 11 is 0. The predicted octanol–water partition coefficient (Wildman–Crippen LogP) is 2.52. The van der Waals surface area contributed by atoms with Crippen LogP contribution in [0.3, 0.4) is 0 Å². The van der Waals surface area contributed by atoms with Gasteiger partial charge in [-0.1, -0.05) is 50.2 Å². The fraction of sp³-hybridized carbons (Fsp3) is 0.476. The van der Waals surface area contributed by atoms with Gasteiger partial charge in [0.05, 0.1) is 12.2 Å². The second-order valence-corrected chi connectivity index (χ2v) is 7.67. The Balaban J connectivity index is 1.63. The molecule has 1 fully saturated rings. The molecule has 2 aromatic rings. The van der Waals surface area contributed by atoms with Crippen molar-refractivity contribution in [2.24, 2.45) is 11.1 Å². The molecule has 26 heavy (non-hydrogen) atoms. The summed E-state index contributed by atoms with van der Waals surface area (Å²) in [7, 11) is 0. The van der Waals surface area contributed by atoms with Gasteiger partial charge in [0.15, 0.2) is 0 Å². The van der Waals surface area contributed by atoms with Gasteiger partial charge in [0.1, 0.15) is 5.54 Å². The molecule has 0 heterocycles. The molecule has 1 amide bonds. The number of nitrogens with two attached hydrogens (primary N) is 1. The molecule has 4 N–H and O–H groups in total. The maximum absolute atomic E-state index is 12.7. The molecule has 0 aliphatic heterocycles. The predicted molar refractivity (Wildman–Crippen MR) is 103 cm³/mol. The smallest absolute Gasteiger partial charge is 0.240 e. The molecule has 0 saturated heterocycles. The summed E-state index contributed by atoms with van der Waals surface area (Å²) in [6.45, 7) is 6.58. The van der Waals surface area contributed by atoms with E-state index in [4.69, 9.17) is 10.5 Å². The SMILES string of the molecule is CCOC1CC(N)(C(=O)NCC(O)c2ccc3ccccc3c2)C1(C)C. The van der Waals surface area contributed by atoms with E-state index in [0.29, 0.717) is 13.0 Å². The van der Waals surface area contributed by atoms with Gasteiger partial charge >= 0.3 is 0 Å². The van der Waals surface area contributed by atoms with Crippen LogP contribution in [0.5, 0.6) is 0 Å². The highest BCUT2D eigenvalue weighted by Gasteiger charge is 2.62. The van der Waals surface area contributed by atoms with Crippen LogP contribution in [0.15, 0.2) is 42.5 Å². The van der Waals surface area contributed by atoms with Crippen molar-refractivity contribution in [2.75, 3.05) is 13.2 Å². The Bertz CT molecular complexity index is 805. The third-order valence-corrected chi connectivity index (χ3v) is 5.85. The number of amides is 1. The van der Waals surface area contributed by atoms with Crippen LogP contribution in [0.1, 0.15) is 38.9 Å². The van der Waals surface area contributed by atoms with E-state index in [0.717, 1.165) is 16.3 Å². The molecule has 0 bridgehead atoms. The minimum atomic E-state index is -0.976. The minimum Gasteiger partial charge on any atom is -0.387 e. The van der Waals surface area contributed by atoms with Crippen LogP contribution in [0.4, 0.5) is 0 Å². The van der Waals surface area contributed by atoms with Gasteiger partial charge in [-0.3, -0.25) is 4.79 Å². The zero-order valence-electron chi connectivity index (χ0n) is 15.7. The number of aliphatic hydroxyl groups excluding tert-OH is 1. The van der Waals surface area contributed by atoms with Crippen LogP contribution in [-0.2, 0) is 9.53 Å². The van der Waals surface area contributed by atoms with Gasteiger partial charge in [0.2, 0.25) is 5.91 Å².